The van der Waals surface area contributed by atoms with Crippen LogP contribution in [0.1, 0.15) is 19.0 Å². The fraction of sp³-hybridized carbons (Fsp3) is 0.636. The minimum atomic E-state index is -0.0619. The standard InChI is InChI=1S/C11H17N3O2/c1-2-10-8-16-4-3-14(10)11-6-12-9(7-15)5-13-11/h5-6,10,15H,2-4,7-8H2,1H3. The Bertz CT molecular complexity index is 329. The summed E-state index contributed by atoms with van der Waals surface area (Å²) in [4.78, 5) is 10.7. The molecule has 16 heavy (non-hydrogen) atoms. The highest BCUT2D eigenvalue weighted by Gasteiger charge is 2.22. The van der Waals surface area contributed by atoms with E-state index in [1.54, 1.807) is 12.4 Å². The van der Waals surface area contributed by atoms with E-state index in [2.05, 4.69) is 21.8 Å². The van der Waals surface area contributed by atoms with Crippen LogP contribution in [0.5, 0.6) is 0 Å². The van der Waals surface area contributed by atoms with Gasteiger partial charge in [0.05, 0.1) is 44.0 Å². The Morgan fingerprint density at radius 1 is 1.50 bits per heavy atom. The number of aliphatic hydroxyl groups is 1. The number of hydrogen-bond acceptors (Lipinski definition) is 5. The number of nitrogens with zero attached hydrogens (tertiary/aromatic N) is 3. The predicted octanol–water partition coefficient (Wildman–Crippen LogP) is 0.584. The van der Waals surface area contributed by atoms with Crippen molar-refractivity contribution in [1.29, 1.82) is 0 Å². The molecule has 0 saturated carbocycles. The van der Waals surface area contributed by atoms with Crippen LogP contribution in [0, 0.1) is 0 Å². The van der Waals surface area contributed by atoms with Crippen LogP contribution in [0.4, 0.5) is 5.82 Å². The van der Waals surface area contributed by atoms with Crippen molar-refractivity contribution in [1.82, 2.24) is 9.97 Å². The van der Waals surface area contributed by atoms with Crippen molar-refractivity contribution in [3.8, 4) is 0 Å². The highest BCUT2D eigenvalue weighted by Crippen LogP contribution is 2.18. The van der Waals surface area contributed by atoms with E-state index in [4.69, 9.17) is 9.84 Å². The molecule has 0 aliphatic carbocycles. The molecule has 1 aromatic rings. The van der Waals surface area contributed by atoms with Gasteiger partial charge in [-0.25, -0.2) is 4.98 Å². The lowest BCUT2D eigenvalue weighted by molar-refractivity contribution is 0.0925. The predicted molar refractivity (Wildman–Crippen MR) is 60.2 cm³/mol. The van der Waals surface area contributed by atoms with Gasteiger partial charge in [-0.1, -0.05) is 6.92 Å². The molecule has 5 heteroatoms. The molecule has 1 saturated heterocycles. The molecule has 1 aliphatic rings. The highest BCUT2D eigenvalue weighted by molar-refractivity contribution is 5.37. The van der Waals surface area contributed by atoms with Crippen molar-refractivity contribution in [2.24, 2.45) is 0 Å². The summed E-state index contributed by atoms with van der Waals surface area (Å²) in [6, 6.07) is 0.378. The fourth-order valence-corrected chi connectivity index (χ4v) is 1.87. The van der Waals surface area contributed by atoms with Gasteiger partial charge in [-0.2, -0.15) is 0 Å². The van der Waals surface area contributed by atoms with Gasteiger partial charge < -0.3 is 14.7 Å². The van der Waals surface area contributed by atoms with Crippen molar-refractivity contribution in [2.75, 3.05) is 24.7 Å². The summed E-state index contributed by atoms with van der Waals surface area (Å²) in [5.41, 5.74) is 0.602. The molecule has 1 unspecified atom stereocenters. The number of aliphatic hydroxyl groups excluding tert-OH is 1. The van der Waals surface area contributed by atoms with Crippen molar-refractivity contribution >= 4 is 5.82 Å². The number of aromatic nitrogens is 2. The Hall–Kier alpha value is -1.20. The first-order valence-corrected chi connectivity index (χ1v) is 5.61. The summed E-state index contributed by atoms with van der Waals surface area (Å²) in [5, 5.41) is 8.90. The minimum Gasteiger partial charge on any atom is -0.390 e. The second kappa shape index (κ2) is 5.23. The smallest absolute Gasteiger partial charge is 0.147 e. The molecule has 88 valence electrons. The van der Waals surface area contributed by atoms with Crippen molar-refractivity contribution in [3.05, 3.63) is 18.1 Å². The minimum absolute atomic E-state index is 0.0619. The second-order valence-electron chi connectivity index (χ2n) is 3.85. The van der Waals surface area contributed by atoms with Gasteiger partial charge in [0.25, 0.3) is 0 Å². The normalized spacial score (nSPS) is 21.1. The highest BCUT2D eigenvalue weighted by atomic mass is 16.5. The van der Waals surface area contributed by atoms with E-state index in [0.717, 1.165) is 32.0 Å². The molecular formula is C11H17N3O2. The molecule has 0 radical (unpaired) electrons. The molecule has 1 aliphatic heterocycles. The third-order valence-electron chi connectivity index (χ3n) is 2.85. The van der Waals surface area contributed by atoms with Crippen LogP contribution in [0.15, 0.2) is 12.4 Å². The number of rotatable bonds is 3. The first kappa shape index (κ1) is 11.3. The molecule has 2 rings (SSSR count). The maximum atomic E-state index is 8.90. The SMILES string of the molecule is CCC1COCCN1c1cnc(CO)cn1. The molecular weight excluding hydrogens is 206 g/mol. The summed E-state index contributed by atoms with van der Waals surface area (Å²) < 4.78 is 5.44. The Balaban J connectivity index is 2.14. The van der Waals surface area contributed by atoms with Gasteiger partial charge in [0.1, 0.15) is 5.82 Å². The number of anilines is 1. The molecule has 1 N–H and O–H groups in total. The Kier molecular flexibility index (Phi) is 3.69. The Labute approximate surface area is 95.1 Å². The summed E-state index contributed by atoms with van der Waals surface area (Å²) in [6.07, 6.45) is 4.38. The monoisotopic (exact) mass is 223 g/mol. The van der Waals surface area contributed by atoms with Gasteiger partial charge in [0.2, 0.25) is 0 Å². The lowest BCUT2D eigenvalue weighted by Crippen LogP contribution is -2.45. The maximum Gasteiger partial charge on any atom is 0.147 e. The van der Waals surface area contributed by atoms with Gasteiger partial charge >= 0.3 is 0 Å². The van der Waals surface area contributed by atoms with Gasteiger partial charge in [-0.3, -0.25) is 4.98 Å². The van der Waals surface area contributed by atoms with Gasteiger partial charge in [0, 0.05) is 6.54 Å². The first-order chi connectivity index (χ1) is 7.85. The average Bonchev–Trinajstić information content (AvgIpc) is 2.39. The summed E-state index contributed by atoms with van der Waals surface area (Å²) >= 11 is 0. The molecule has 1 aromatic heterocycles. The van der Waals surface area contributed by atoms with E-state index in [1.165, 1.54) is 0 Å². The molecule has 0 amide bonds. The van der Waals surface area contributed by atoms with Crippen LogP contribution in [0.2, 0.25) is 0 Å². The maximum absolute atomic E-state index is 8.90. The van der Waals surface area contributed by atoms with Gasteiger partial charge in [-0.15, -0.1) is 0 Å². The lowest BCUT2D eigenvalue weighted by Gasteiger charge is -2.35. The zero-order chi connectivity index (χ0) is 11.4. The molecule has 1 atom stereocenters. The van der Waals surface area contributed by atoms with Crippen LogP contribution in [0.25, 0.3) is 0 Å². The van der Waals surface area contributed by atoms with E-state index in [9.17, 15) is 0 Å². The van der Waals surface area contributed by atoms with Crippen LogP contribution in [0.3, 0.4) is 0 Å². The zero-order valence-corrected chi connectivity index (χ0v) is 9.46. The van der Waals surface area contributed by atoms with Gasteiger partial charge in [0.15, 0.2) is 0 Å². The molecule has 5 nitrogen and oxygen atoms in total. The zero-order valence-electron chi connectivity index (χ0n) is 9.46. The van der Waals surface area contributed by atoms with E-state index < -0.39 is 0 Å². The average molecular weight is 223 g/mol. The van der Waals surface area contributed by atoms with Crippen molar-refractivity contribution in [2.45, 2.75) is 26.0 Å². The topological polar surface area (TPSA) is 58.5 Å². The fourth-order valence-electron chi connectivity index (χ4n) is 1.87. The van der Waals surface area contributed by atoms with Crippen LogP contribution < -0.4 is 4.90 Å². The molecule has 0 aromatic carbocycles. The quantitative estimate of drug-likeness (QED) is 0.812. The Morgan fingerprint density at radius 3 is 3.00 bits per heavy atom. The first-order valence-electron chi connectivity index (χ1n) is 5.61. The van der Waals surface area contributed by atoms with Gasteiger partial charge in [-0.05, 0) is 6.42 Å². The Morgan fingerprint density at radius 2 is 2.38 bits per heavy atom. The van der Waals surface area contributed by atoms with Crippen LogP contribution in [-0.2, 0) is 11.3 Å². The number of morpholine rings is 1. The van der Waals surface area contributed by atoms with Crippen LogP contribution >= 0.6 is 0 Å². The number of ether oxygens (including phenoxy) is 1. The van der Waals surface area contributed by atoms with Crippen molar-refractivity contribution in [3.63, 3.8) is 0 Å². The van der Waals surface area contributed by atoms with E-state index in [1.807, 2.05) is 0 Å². The third kappa shape index (κ3) is 2.31. The largest absolute Gasteiger partial charge is 0.390 e. The summed E-state index contributed by atoms with van der Waals surface area (Å²) in [6.45, 7) is 4.42. The van der Waals surface area contributed by atoms with E-state index >= 15 is 0 Å². The molecule has 2 heterocycles. The summed E-state index contributed by atoms with van der Waals surface area (Å²) in [7, 11) is 0. The number of hydrogen-bond donors (Lipinski definition) is 1. The van der Waals surface area contributed by atoms with E-state index in [-0.39, 0.29) is 6.61 Å². The molecule has 0 spiro atoms. The van der Waals surface area contributed by atoms with E-state index in [0.29, 0.717) is 11.7 Å². The molecule has 0 bridgehead atoms. The molecule has 1 fully saturated rings. The third-order valence-corrected chi connectivity index (χ3v) is 2.85. The summed E-state index contributed by atoms with van der Waals surface area (Å²) in [5.74, 6) is 0.868. The second-order valence-corrected chi connectivity index (χ2v) is 3.85. The lowest BCUT2D eigenvalue weighted by atomic mass is 10.2. The van der Waals surface area contributed by atoms with Crippen molar-refractivity contribution < 1.29 is 9.84 Å². The van der Waals surface area contributed by atoms with Crippen LogP contribution in [-0.4, -0.2) is 40.9 Å².